The van der Waals surface area contributed by atoms with Crippen LogP contribution in [0, 0.1) is 17.5 Å². The molecule has 1 aliphatic rings. The minimum Gasteiger partial charge on any atom is -0.320 e. The van der Waals surface area contributed by atoms with Gasteiger partial charge < -0.3 is 5.32 Å². The van der Waals surface area contributed by atoms with Crippen LogP contribution in [-0.2, 0) is 10.0 Å². The van der Waals surface area contributed by atoms with Crippen molar-refractivity contribution >= 4 is 33.0 Å². The topological polar surface area (TPSA) is 92.3 Å². The van der Waals surface area contributed by atoms with Gasteiger partial charge in [-0.1, -0.05) is 17.4 Å². The molecule has 0 radical (unpaired) electrons. The van der Waals surface area contributed by atoms with Crippen LogP contribution in [-0.4, -0.2) is 35.4 Å². The number of hydrogen-bond donors (Lipinski definition) is 1. The molecular weight excluding hydrogens is 453 g/mol. The van der Waals surface area contributed by atoms with Crippen LogP contribution in [0.3, 0.4) is 0 Å². The van der Waals surface area contributed by atoms with Crippen LogP contribution in [0.1, 0.15) is 33.7 Å². The molecule has 162 valence electrons. The van der Waals surface area contributed by atoms with Crippen molar-refractivity contribution in [2.45, 2.75) is 23.8 Å². The number of carbonyl (C=O) groups is 1. The van der Waals surface area contributed by atoms with Gasteiger partial charge in [-0.05, 0) is 43.2 Å². The first-order valence-corrected chi connectivity index (χ1v) is 11.4. The van der Waals surface area contributed by atoms with Gasteiger partial charge in [-0.15, -0.1) is 10.2 Å². The standard InChI is InChI=1S/C19H15F3N4O3S2/c20-11-3-1-4-13(9-11)31(28,29)26-8-2-5-16(26)18-24-25-19(30-18)17(27)23-12-6-7-14(21)15(22)10-12/h1,3-4,6-7,9-10,16H,2,5,8H2,(H,23,27)/t16-/m0/s1. The normalized spacial score (nSPS) is 17.1. The second kappa shape index (κ2) is 8.36. The molecule has 2 aromatic carbocycles. The quantitative estimate of drug-likeness (QED) is 0.616. The van der Waals surface area contributed by atoms with Crippen LogP contribution in [0.15, 0.2) is 47.4 Å². The maximum absolute atomic E-state index is 13.5. The van der Waals surface area contributed by atoms with Crippen LogP contribution in [0.25, 0.3) is 0 Å². The van der Waals surface area contributed by atoms with Gasteiger partial charge >= 0.3 is 0 Å². The molecule has 0 spiro atoms. The Morgan fingerprint density at radius 1 is 1.10 bits per heavy atom. The lowest BCUT2D eigenvalue weighted by molar-refractivity contribution is 0.102. The van der Waals surface area contributed by atoms with E-state index in [1.165, 1.54) is 22.5 Å². The molecule has 1 saturated heterocycles. The number of carbonyl (C=O) groups excluding carboxylic acids is 1. The number of aromatic nitrogens is 2. The summed E-state index contributed by atoms with van der Waals surface area (Å²) < 4.78 is 67.1. The number of sulfonamides is 1. The minimum absolute atomic E-state index is 0.0387. The first kappa shape index (κ1) is 21.4. The zero-order valence-corrected chi connectivity index (χ0v) is 17.4. The predicted molar refractivity (Wildman–Crippen MR) is 106 cm³/mol. The van der Waals surface area contributed by atoms with Gasteiger partial charge in [0.05, 0.1) is 10.9 Å². The highest BCUT2D eigenvalue weighted by molar-refractivity contribution is 7.89. The molecule has 7 nitrogen and oxygen atoms in total. The largest absolute Gasteiger partial charge is 0.320 e. The molecule has 0 aliphatic carbocycles. The summed E-state index contributed by atoms with van der Waals surface area (Å²) in [5, 5.41) is 10.4. The van der Waals surface area contributed by atoms with Gasteiger partial charge in [0.15, 0.2) is 11.6 Å². The molecule has 0 saturated carbocycles. The summed E-state index contributed by atoms with van der Waals surface area (Å²) in [5.74, 6) is -3.51. The van der Waals surface area contributed by atoms with Crippen LogP contribution in [0.4, 0.5) is 18.9 Å². The monoisotopic (exact) mass is 468 g/mol. The van der Waals surface area contributed by atoms with Gasteiger partial charge in [-0.25, -0.2) is 21.6 Å². The van der Waals surface area contributed by atoms with Gasteiger partial charge in [0, 0.05) is 18.3 Å². The van der Waals surface area contributed by atoms with E-state index in [0.29, 0.717) is 17.8 Å². The lowest BCUT2D eigenvalue weighted by atomic mass is 10.2. The molecule has 1 aliphatic heterocycles. The Hall–Kier alpha value is -2.83. The molecular formula is C19H15F3N4O3S2. The van der Waals surface area contributed by atoms with E-state index in [4.69, 9.17) is 0 Å². The summed E-state index contributed by atoms with van der Waals surface area (Å²) >= 11 is 0.901. The second-order valence-corrected chi connectivity index (χ2v) is 9.66. The lowest BCUT2D eigenvalue weighted by Gasteiger charge is -2.22. The highest BCUT2D eigenvalue weighted by Crippen LogP contribution is 2.37. The van der Waals surface area contributed by atoms with Crippen molar-refractivity contribution in [3.8, 4) is 0 Å². The van der Waals surface area contributed by atoms with E-state index in [0.717, 1.165) is 35.6 Å². The Bertz CT molecular complexity index is 1250. The molecule has 1 N–H and O–H groups in total. The number of benzene rings is 2. The highest BCUT2D eigenvalue weighted by atomic mass is 32.2. The van der Waals surface area contributed by atoms with Gasteiger partial charge in [-0.3, -0.25) is 4.79 Å². The number of nitrogens with one attached hydrogen (secondary N) is 1. The third kappa shape index (κ3) is 4.31. The summed E-state index contributed by atoms with van der Waals surface area (Å²) in [4.78, 5) is 12.2. The smallest absolute Gasteiger partial charge is 0.286 e. The van der Waals surface area contributed by atoms with E-state index in [9.17, 15) is 26.4 Å². The van der Waals surface area contributed by atoms with Gasteiger partial charge in [-0.2, -0.15) is 4.31 Å². The Labute approximate surface area is 179 Å². The molecule has 1 atom stereocenters. The summed E-state index contributed by atoms with van der Waals surface area (Å²) in [6.45, 7) is 0.222. The minimum atomic E-state index is -3.97. The molecule has 3 aromatic rings. The van der Waals surface area contributed by atoms with Crippen molar-refractivity contribution in [3.63, 3.8) is 0 Å². The van der Waals surface area contributed by atoms with Crippen LogP contribution in [0.2, 0.25) is 0 Å². The van der Waals surface area contributed by atoms with E-state index in [1.807, 2.05) is 0 Å². The highest BCUT2D eigenvalue weighted by Gasteiger charge is 2.38. The van der Waals surface area contributed by atoms with E-state index >= 15 is 0 Å². The number of anilines is 1. The fourth-order valence-corrected chi connectivity index (χ4v) is 5.90. The molecule has 1 amide bonds. The van der Waals surface area contributed by atoms with Gasteiger partial charge in [0.2, 0.25) is 15.0 Å². The molecule has 2 heterocycles. The number of amides is 1. The van der Waals surface area contributed by atoms with Crippen molar-refractivity contribution in [2.75, 3.05) is 11.9 Å². The third-order valence-corrected chi connectivity index (χ3v) is 7.63. The average molecular weight is 468 g/mol. The molecule has 12 heteroatoms. The van der Waals surface area contributed by atoms with E-state index in [-0.39, 0.29) is 22.1 Å². The second-order valence-electron chi connectivity index (χ2n) is 6.76. The van der Waals surface area contributed by atoms with E-state index < -0.39 is 39.4 Å². The molecule has 1 aromatic heterocycles. The molecule has 0 unspecified atom stereocenters. The zero-order valence-electron chi connectivity index (χ0n) is 15.8. The first-order chi connectivity index (χ1) is 14.8. The van der Waals surface area contributed by atoms with Gasteiger partial charge in [0.1, 0.15) is 10.8 Å². The fraction of sp³-hybridized carbons (Fsp3) is 0.211. The summed E-state index contributed by atoms with van der Waals surface area (Å²) in [7, 11) is -3.97. The number of nitrogens with zero attached hydrogens (tertiary/aromatic N) is 3. The Morgan fingerprint density at radius 3 is 2.65 bits per heavy atom. The Kier molecular flexibility index (Phi) is 5.77. The van der Waals surface area contributed by atoms with Crippen LogP contribution in [0.5, 0.6) is 0 Å². The van der Waals surface area contributed by atoms with Crippen molar-refractivity contribution < 1.29 is 26.4 Å². The lowest BCUT2D eigenvalue weighted by Crippen LogP contribution is -2.30. The van der Waals surface area contributed by atoms with Crippen LogP contribution < -0.4 is 5.32 Å². The molecule has 4 rings (SSSR count). The van der Waals surface area contributed by atoms with E-state index in [2.05, 4.69) is 15.5 Å². The summed E-state index contributed by atoms with van der Waals surface area (Å²) in [5.41, 5.74) is 0.0387. The Morgan fingerprint density at radius 2 is 1.90 bits per heavy atom. The molecule has 31 heavy (non-hydrogen) atoms. The maximum atomic E-state index is 13.5. The summed E-state index contributed by atoms with van der Waals surface area (Å²) in [6.07, 6.45) is 1.03. The number of rotatable bonds is 5. The fourth-order valence-electron chi connectivity index (χ4n) is 3.26. The van der Waals surface area contributed by atoms with Crippen molar-refractivity contribution in [1.29, 1.82) is 0 Å². The molecule has 1 fully saturated rings. The van der Waals surface area contributed by atoms with E-state index in [1.54, 1.807) is 0 Å². The number of hydrogen-bond acceptors (Lipinski definition) is 6. The zero-order chi connectivity index (χ0) is 22.2. The summed E-state index contributed by atoms with van der Waals surface area (Å²) in [6, 6.07) is 7.00. The third-order valence-electron chi connectivity index (χ3n) is 4.70. The Balaban J connectivity index is 1.55. The average Bonchev–Trinajstić information content (AvgIpc) is 3.40. The predicted octanol–water partition coefficient (Wildman–Crippen LogP) is 3.73. The first-order valence-electron chi connectivity index (χ1n) is 9.13. The number of halogens is 3. The van der Waals surface area contributed by atoms with Crippen molar-refractivity contribution in [2.24, 2.45) is 0 Å². The maximum Gasteiger partial charge on any atom is 0.286 e. The van der Waals surface area contributed by atoms with Crippen molar-refractivity contribution in [3.05, 3.63) is 69.9 Å². The molecule has 0 bridgehead atoms. The van der Waals surface area contributed by atoms with Crippen molar-refractivity contribution in [1.82, 2.24) is 14.5 Å². The van der Waals surface area contributed by atoms with Gasteiger partial charge in [0.25, 0.3) is 5.91 Å². The van der Waals surface area contributed by atoms with Crippen LogP contribution >= 0.6 is 11.3 Å². The SMILES string of the molecule is O=C(Nc1ccc(F)c(F)c1)c1nnc([C@@H]2CCCN2S(=O)(=O)c2cccc(F)c2)s1.